The fourth-order valence-corrected chi connectivity index (χ4v) is 1.43. The largest absolute Gasteiger partial charge is 0.348 e. The van der Waals surface area contributed by atoms with Gasteiger partial charge in [0.25, 0.3) is 0 Å². The van der Waals surface area contributed by atoms with Crippen LogP contribution in [0.15, 0.2) is 24.3 Å². The molecule has 0 unspecified atom stereocenters. The van der Waals surface area contributed by atoms with Gasteiger partial charge >= 0.3 is 0 Å². The minimum absolute atomic E-state index is 0.203. The highest BCUT2D eigenvalue weighted by Crippen LogP contribution is 2.23. The lowest BCUT2D eigenvalue weighted by Crippen LogP contribution is -2.17. The first-order valence-electron chi connectivity index (χ1n) is 4.35. The van der Waals surface area contributed by atoms with Crippen LogP contribution >= 0.6 is 11.6 Å². The normalized spacial score (nSPS) is 18.8. The maximum atomic E-state index is 5.77. The minimum atomic E-state index is -0.203. The first-order chi connectivity index (χ1) is 6.36. The molecule has 0 spiro atoms. The molecule has 1 aromatic carbocycles. The molecule has 2 rings (SSSR count). The van der Waals surface area contributed by atoms with Gasteiger partial charge < -0.3 is 9.47 Å². The number of benzene rings is 1. The van der Waals surface area contributed by atoms with Crippen LogP contribution in [0.2, 0.25) is 5.02 Å². The van der Waals surface area contributed by atoms with Gasteiger partial charge in [-0.05, 0) is 18.6 Å². The monoisotopic (exact) mass is 198 g/mol. The molecule has 1 aliphatic heterocycles. The molecule has 70 valence electrons. The number of halogens is 1. The van der Waals surface area contributed by atoms with Crippen LogP contribution in [-0.2, 0) is 9.47 Å². The average Bonchev–Trinajstić information content (AvgIpc) is 2.20. The van der Waals surface area contributed by atoms with E-state index in [1.165, 1.54) is 0 Å². The summed E-state index contributed by atoms with van der Waals surface area (Å²) in [5, 5.41) is 0.736. The van der Waals surface area contributed by atoms with Gasteiger partial charge in [-0.1, -0.05) is 23.7 Å². The molecule has 0 saturated carbocycles. The molecule has 0 aliphatic carbocycles. The zero-order valence-electron chi connectivity index (χ0n) is 7.20. The summed E-state index contributed by atoms with van der Waals surface area (Å²) in [6.07, 6.45) is 0.774. The molecule has 0 bridgehead atoms. The van der Waals surface area contributed by atoms with E-state index in [0.29, 0.717) is 0 Å². The van der Waals surface area contributed by atoms with E-state index in [-0.39, 0.29) is 6.29 Å². The van der Waals surface area contributed by atoms with E-state index in [9.17, 15) is 0 Å². The molecule has 0 radical (unpaired) electrons. The molecule has 2 nitrogen and oxygen atoms in total. The van der Waals surface area contributed by atoms with Gasteiger partial charge in [-0.2, -0.15) is 0 Å². The summed E-state index contributed by atoms with van der Waals surface area (Å²) in [5.41, 5.74) is 1.03. The highest BCUT2D eigenvalue weighted by Gasteiger charge is 2.15. The van der Waals surface area contributed by atoms with E-state index < -0.39 is 0 Å². The van der Waals surface area contributed by atoms with Gasteiger partial charge in [0, 0.05) is 10.6 Å². The molecule has 1 aromatic rings. The van der Waals surface area contributed by atoms with Crippen LogP contribution in [0.1, 0.15) is 18.3 Å². The highest BCUT2D eigenvalue weighted by atomic mass is 35.5. The van der Waals surface area contributed by atoms with Crippen molar-refractivity contribution in [3.63, 3.8) is 0 Å². The third-order valence-electron chi connectivity index (χ3n) is 1.97. The molecule has 0 N–H and O–H groups in total. The summed E-state index contributed by atoms with van der Waals surface area (Å²) in [4.78, 5) is 0. The number of hydrogen-bond donors (Lipinski definition) is 0. The van der Waals surface area contributed by atoms with Gasteiger partial charge in [0.15, 0.2) is 6.29 Å². The fourth-order valence-electron chi connectivity index (χ4n) is 1.30. The second-order valence-corrected chi connectivity index (χ2v) is 3.42. The first kappa shape index (κ1) is 9.00. The predicted octanol–water partition coefficient (Wildman–Crippen LogP) is 2.78. The van der Waals surface area contributed by atoms with Crippen molar-refractivity contribution in [2.75, 3.05) is 13.2 Å². The number of ether oxygens (including phenoxy) is 2. The van der Waals surface area contributed by atoms with Crippen LogP contribution in [0.4, 0.5) is 0 Å². The molecule has 0 atom stereocenters. The van der Waals surface area contributed by atoms with Crippen molar-refractivity contribution in [1.29, 1.82) is 0 Å². The van der Waals surface area contributed by atoms with E-state index in [2.05, 4.69) is 0 Å². The lowest BCUT2D eigenvalue weighted by Gasteiger charge is -2.23. The van der Waals surface area contributed by atoms with Gasteiger partial charge in [-0.15, -0.1) is 0 Å². The van der Waals surface area contributed by atoms with Crippen molar-refractivity contribution in [3.8, 4) is 0 Å². The van der Waals surface area contributed by atoms with Crippen LogP contribution in [0.5, 0.6) is 0 Å². The molecular formula is C10H11ClO2. The van der Waals surface area contributed by atoms with Crippen molar-refractivity contribution < 1.29 is 9.47 Å². The third kappa shape index (κ3) is 2.21. The Hall–Kier alpha value is -0.570. The zero-order chi connectivity index (χ0) is 9.10. The molecule has 1 heterocycles. The van der Waals surface area contributed by atoms with Gasteiger partial charge in [0.1, 0.15) is 0 Å². The van der Waals surface area contributed by atoms with Crippen LogP contribution in [-0.4, -0.2) is 13.2 Å². The zero-order valence-corrected chi connectivity index (χ0v) is 7.96. The van der Waals surface area contributed by atoms with Crippen LogP contribution in [0.3, 0.4) is 0 Å². The van der Waals surface area contributed by atoms with Crippen molar-refractivity contribution >= 4 is 11.6 Å². The molecule has 1 fully saturated rings. The first-order valence-corrected chi connectivity index (χ1v) is 4.73. The van der Waals surface area contributed by atoms with E-state index >= 15 is 0 Å². The Morgan fingerprint density at radius 1 is 1.08 bits per heavy atom. The minimum Gasteiger partial charge on any atom is -0.348 e. The summed E-state index contributed by atoms with van der Waals surface area (Å²) in [5.74, 6) is 0. The molecular weight excluding hydrogens is 188 g/mol. The van der Waals surface area contributed by atoms with E-state index in [4.69, 9.17) is 21.1 Å². The SMILES string of the molecule is Clc1ccc(C2OCCCO2)cc1. The van der Waals surface area contributed by atoms with E-state index in [1.54, 1.807) is 0 Å². The molecule has 0 amide bonds. The Labute approximate surface area is 82.4 Å². The number of hydrogen-bond acceptors (Lipinski definition) is 2. The summed E-state index contributed by atoms with van der Waals surface area (Å²) >= 11 is 5.77. The van der Waals surface area contributed by atoms with Gasteiger partial charge in [-0.3, -0.25) is 0 Å². The van der Waals surface area contributed by atoms with E-state index in [1.807, 2.05) is 24.3 Å². The van der Waals surface area contributed by atoms with Crippen molar-refractivity contribution in [1.82, 2.24) is 0 Å². The molecule has 1 saturated heterocycles. The molecule has 13 heavy (non-hydrogen) atoms. The Morgan fingerprint density at radius 2 is 1.69 bits per heavy atom. The summed E-state index contributed by atoms with van der Waals surface area (Å²) < 4.78 is 10.9. The average molecular weight is 199 g/mol. The lowest BCUT2D eigenvalue weighted by molar-refractivity contribution is -0.183. The van der Waals surface area contributed by atoms with E-state index in [0.717, 1.165) is 30.2 Å². The van der Waals surface area contributed by atoms with Crippen molar-refractivity contribution in [2.45, 2.75) is 12.7 Å². The highest BCUT2D eigenvalue weighted by molar-refractivity contribution is 6.30. The van der Waals surface area contributed by atoms with Gasteiger partial charge in [-0.25, -0.2) is 0 Å². The van der Waals surface area contributed by atoms with Gasteiger partial charge in [0.2, 0.25) is 0 Å². The van der Waals surface area contributed by atoms with Crippen molar-refractivity contribution in [2.24, 2.45) is 0 Å². The molecule has 1 aliphatic rings. The second kappa shape index (κ2) is 4.09. The lowest BCUT2D eigenvalue weighted by atomic mass is 10.2. The van der Waals surface area contributed by atoms with Crippen molar-refractivity contribution in [3.05, 3.63) is 34.9 Å². The third-order valence-corrected chi connectivity index (χ3v) is 2.22. The fraction of sp³-hybridized carbons (Fsp3) is 0.400. The number of rotatable bonds is 1. The Kier molecular flexibility index (Phi) is 2.83. The van der Waals surface area contributed by atoms with Crippen LogP contribution in [0, 0.1) is 0 Å². The van der Waals surface area contributed by atoms with Crippen LogP contribution < -0.4 is 0 Å². The summed E-state index contributed by atoms with van der Waals surface area (Å²) in [7, 11) is 0. The second-order valence-electron chi connectivity index (χ2n) is 2.98. The Morgan fingerprint density at radius 3 is 2.31 bits per heavy atom. The molecule has 3 heteroatoms. The summed E-state index contributed by atoms with van der Waals surface area (Å²) in [6.45, 7) is 1.54. The quantitative estimate of drug-likeness (QED) is 0.691. The van der Waals surface area contributed by atoms with Gasteiger partial charge in [0.05, 0.1) is 13.2 Å². The maximum Gasteiger partial charge on any atom is 0.183 e. The Bertz CT molecular complexity index is 265. The summed E-state index contributed by atoms with van der Waals surface area (Å²) in [6, 6.07) is 7.55. The smallest absolute Gasteiger partial charge is 0.183 e. The topological polar surface area (TPSA) is 18.5 Å². The Balaban J connectivity index is 2.10. The molecule has 0 aromatic heterocycles. The van der Waals surface area contributed by atoms with Crippen LogP contribution in [0.25, 0.3) is 0 Å². The maximum absolute atomic E-state index is 5.77. The predicted molar refractivity (Wildman–Crippen MR) is 50.7 cm³/mol. The standard InChI is InChI=1S/C10H11ClO2/c11-9-4-2-8(3-5-9)10-12-6-1-7-13-10/h2-5,10H,1,6-7H2.